The van der Waals surface area contributed by atoms with Gasteiger partial charge in [0.15, 0.2) is 11.6 Å². The normalized spacial score (nSPS) is 13.3. The Bertz CT molecular complexity index is 1830. The molecular weight excluding hydrogens is 494 g/mol. The Balaban J connectivity index is 1.56. The largest absolute Gasteiger partial charge is 0.455 e. The van der Waals surface area contributed by atoms with Crippen molar-refractivity contribution in [1.29, 1.82) is 0 Å². The number of fused-ring (bicyclic) bond motifs is 4. The van der Waals surface area contributed by atoms with Crippen LogP contribution in [-0.4, -0.2) is 9.55 Å². The molecule has 0 bridgehead atoms. The molecule has 1 aliphatic heterocycles. The molecule has 3 N–H and O–H groups in total. The summed E-state index contributed by atoms with van der Waals surface area (Å²) in [5.74, 6) is 2.28. The van der Waals surface area contributed by atoms with E-state index in [9.17, 15) is 0 Å². The smallest absolute Gasteiger partial charge is 0.165 e. The van der Waals surface area contributed by atoms with Crippen LogP contribution in [0.4, 0.5) is 5.82 Å². The number of imidazole rings is 1. The van der Waals surface area contributed by atoms with Gasteiger partial charge in [-0.1, -0.05) is 88.4 Å². The molecule has 0 radical (unpaired) electrons. The zero-order valence-electron chi connectivity index (χ0n) is 23.2. The quantitative estimate of drug-likeness (QED) is 0.210. The Kier molecular flexibility index (Phi) is 5.95. The van der Waals surface area contributed by atoms with E-state index in [2.05, 4.69) is 121 Å². The van der Waals surface area contributed by atoms with Crippen LogP contribution in [0, 0.1) is 0 Å². The number of nitrogens with zero attached hydrogens (tertiary/aromatic N) is 2. The van der Waals surface area contributed by atoms with Gasteiger partial charge in [0.05, 0.1) is 23.5 Å². The first-order chi connectivity index (χ1) is 19.5. The molecule has 0 atom stereocenters. The third-order valence-corrected chi connectivity index (χ3v) is 7.89. The van der Waals surface area contributed by atoms with Gasteiger partial charge in [-0.15, -0.1) is 0 Å². The van der Waals surface area contributed by atoms with E-state index in [4.69, 9.17) is 9.40 Å². The van der Waals surface area contributed by atoms with E-state index in [1.54, 1.807) is 0 Å². The van der Waals surface area contributed by atoms with Crippen molar-refractivity contribution in [3.05, 3.63) is 102 Å². The zero-order chi connectivity index (χ0) is 27.4. The predicted octanol–water partition coefficient (Wildman–Crippen LogP) is 8.29. The van der Waals surface area contributed by atoms with Crippen LogP contribution in [0.5, 0.6) is 0 Å². The van der Waals surface area contributed by atoms with Crippen molar-refractivity contribution in [2.75, 3.05) is 5.43 Å². The summed E-state index contributed by atoms with van der Waals surface area (Å²) in [6.45, 7) is 9.73. The molecule has 200 valence electrons. The van der Waals surface area contributed by atoms with E-state index in [1.165, 1.54) is 27.9 Å². The fourth-order valence-corrected chi connectivity index (χ4v) is 5.91. The lowest BCUT2D eigenvalue weighted by Gasteiger charge is -2.26. The Morgan fingerprint density at radius 3 is 2.23 bits per heavy atom. The SMILES string of the molecule is CC(C)c1cc(-c2ccccc2)cc(C(C)C)c1-n1c(-c2cccc3c2oc2ccccc23)nc2c1CNNN2. The highest BCUT2D eigenvalue weighted by Gasteiger charge is 2.28. The van der Waals surface area contributed by atoms with E-state index in [0.717, 1.165) is 44.8 Å². The number of hydrazine groups is 2. The molecule has 0 fully saturated rings. The Morgan fingerprint density at radius 2 is 1.48 bits per heavy atom. The third kappa shape index (κ3) is 3.91. The van der Waals surface area contributed by atoms with E-state index in [0.29, 0.717) is 18.4 Å². The number of anilines is 1. The van der Waals surface area contributed by atoms with Gasteiger partial charge in [0.1, 0.15) is 11.2 Å². The number of benzene rings is 4. The molecule has 0 saturated carbocycles. The lowest BCUT2D eigenvalue weighted by atomic mass is 9.88. The number of rotatable bonds is 5. The van der Waals surface area contributed by atoms with Gasteiger partial charge in [0.25, 0.3) is 0 Å². The summed E-state index contributed by atoms with van der Waals surface area (Å²) in [6.07, 6.45) is 0. The summed E-state index contributed by atoms with van der Waals surface area (Å²) < 4.78 is 8.85. The summed E-state index contributed by atoms with van der Waals surface area (Å²) in [5.41, 5.74) is 19.6. The average Bonchev–Trinajstić information content (AvgIpc) is 3.55. The summed E-state index contributed by atoms with van der Waals surface area (Å²) >= 11 is 0. The van der Waals surface area contributed by atoms with Crippen molar-refractivity contribution in [1.82, 2.24) is 20.5 Å². The summed E-state index contributed by atoms with van der Waals surface area (Å²) in [7, 11) is 0. The molecule has 3 heterocycles. The Hall–Kier alpha value is -4.39. The third-order valence-electron chi connectivity index (χ3n) is 7.89. The molecule has 1 aliphatic rings. The molecule has 40 heavy (non-hydrogen) atoms. The van der Waals surface area contributed by atoms with Crippen molar-refractivity contribution in [3.8, 4) is 28.2 Å². The van der Waals surface area contributed by atoms with Gasteiger partial charge in [0, 0.05) is 10.8 Å². The topological polar surface area (TPSA) is 67.0 Å². The lowest BCUT2D eigenvalue weighted by molar-refractivity contribution is 0.551. The molecule has 4 aromatic carbocycles. The highest BCUT2D eigenvalue weighted by molar-refractivity contribution is 6.09. The van der Waals surface area contributed by atoms with Gasteiger partial charge in [-0.25, -0.2) is 10.4 Å². The maximum atomic E-state index is 6.49. The highest BCUT2D eigenvalue weighted by Crippen LogP contribution is 2.42. The zero-order valence-corrected chi connectivity index (χ0v) is 23.2. The first-order valence-corrected chi connectivity index (χ1v) is 14.0. The number of para-hydroxylation sites is 2. The molecule has 7 rings (SSSR count). The molecule has 0 unspecified atom stereocenters. The maximum Gasteiger partial charge on any atom is 0.165 e. The summed E-state index contributed by atoms with van der Waals surface area (Å²) in [4.78, 5) is 5.19. The molecule has 6 nitrogen and oxygen atoms in total. The van der Waals surface area contributed by atoms with Crippen LogP contribution in [-0.2, 0) is 6.54 Å². The standard InChI is InChI=1S/C34H33N5O/c1-20(2)27-17-23(22-11-6-5-7-12-22)18-28(21(3)4)31(27)39-29-19-35-38-37-33(29)36-34(39)26-15-10-14-25-24-13-8-9-16-30(24)40-32(25)26/h5-18,20-21,35,37-38H,19H2,1-4H3. The molecule has 0 saturated heterocycles. The van der Waals surface area contributed by atoms with Gasteiger partial charge >= 0.3 is 0 Å². The first kappa shape index (κ1) is 24.6. The summed E-state index contributed by atoms with van der Waals surface area (Å²) in [5, 5.41) is 2.21. The second-order valence-electron chi connectivity index (χ2n) is 11.1. The van der Waals surface area contributed by atoms with Crippen LogP contribution >= 0.6 is 0 Å². The summed E-state index contributed by atoms with van der Waals surface area (Å²) in [6, 6.07) is 30.0. The van der Waals surface area contributed by atoms with Crippen molar-refractivity contribution in [3.63, 3.8) is 0 Å². The average molecular weight is 528 g/mol. The number of aromatic nitrogens is 2. The van der Waals surface area contributed by atoms with Gasteiger partial charge in [-0.3, -0.25) is 9.99 Å². The Morgan fingerprint density at radius 1 is 0.775 bits per heavy atom. The molecular formula is C34H33N5O. The molecule has 0 spiro atoms. The number of nitrogens with one attached hydrogen (secondary N) is 3. The molecule has 6 heteroatoms. The van der Waals surface area contributed by atoms with Crippen LogP contribution in [0.3, 0.4) is 0 Å². The van der Waals surface area contributed by atoms with Gasteiger partial charge in [0.2, 0.25) is 0 Å². The number of hydrogen-bond donors (Lipinski definition) is 3. The van der Waals surface area contributed by atoms with Gasteiger partial charge in [-0.05, 0) is 58.4 Å². The lowest BCUT2D eigenvalue weighted by Crippen LogP contribution is -2.41. The molecule has 0 aliphatic carbocycles. The minimum Gasteiger partial charge on any atom is -0.455 e. The van der Waals surface area contributed by atoms with Crippen molar-refractivity contribution >= 4 is 27.8 Å². The molecule has 6 aromatic rings. The molecule has 0 amide bonds. The first-order valence-electron chi connectivity index (χ1n) is 14.0. The van der Waals surface area contributed by atoms with Crippen molar-refractivity contribution in [2.45, 2.75) is 46.1 Å². The van der Waals surface area contributed by atoms with Crippen LogP contribution in [0.1, 0.15) is 56.4 Å². The fraction of sp³-hybridized carbons (Fsp3) is 0.206. The minimum atomic E-state index is 0.298. The van der Waals surface area contributed by atoms with Crippen LogP contribution < -0.4 is 16.4 Å². The van der Waals surface area contributed by atoms with Gasteiger partial charge < -0.3 is 4.42 Å². The van der Waals surface area contributed by atoms with Crippen molar-refractivity contribution < 1.29 is 4.42 Å². The van der Waals surface area contributed by atoms with E-state index >= 15 is 0 Å². The minimum absolute atomic E-state index is 0.298. The fourth-order valence-electron chi connectivity index (χ4n) is 5.91. The molecule has 2 aromatic heterocycles. The van der Waals surface area contributed by atoms with Gasteiger partial charge in [-0.2, -0.15) is 5.53 Å². The van der Waals surface area contributed by atoms with E-state index in [1.807, 2.05) is 12.1 Å². The Labute approximate surface area is 234 Å². The van der Waals surface area contributed by atoms with Crippen LogP contribution in [0.15, 0.2) is 89.3 Å². The monoisotopic (exact) mass is 527 g/mol. The number of furan rings is 1. The van der Waals surface area contributed by atoms with Crippen LogP contribution in [0.25, 0.3) is 50.1 Å². The second-order valence-corrected chi connectivity index (χ2v) is 11.1. The van der Waals surface area contributed by atoms with E-state index in [-0.39, 0.29) is 0 Å². The second kappa shape index (κ2) is 9.66. The van der Waals surface area contributed by atoms with Crippen molar-refractivity contribution in [2.24, 2.45) is 0 Å². The maximum absolute atomic E-state index is 6.49. The number of hydrogen-bond acceptors (Lipinski definition) is 5. The highest BCUT2D eigenvalue weighted by atomic mass is 16.3. The van der Waals surface area contributed by atoms with E-state index < -0.39 is 0 Å². The van der Waals surface area contributed by atoms with Crippen LogP contribution in [0.2, 0.25) is 0 Å². The predicted molar refractivity (Wildman–Crippen MR) is 163 cm³/mol.